The SMILES string of the molecule is Fc1cccc(-c2ccc3c(c2)C2(CCCCC2)C(=S)N3)c1. The zero-order valence-electron chi connectivity index (χ0n) is 12.4. The standard InChI is InChI=1S/C19H18FNS/c20-15-6-4-5-13(11-15)14-7-8-17-16(12-14)19(18(22)21-17)9-2-1-3-10-19/h4-8,11-12H,1-3,9-10H2,(H,21,22). The second kappa shape index (κ2) is 5.17. The molecule has 4 rings (SSSR count). The van der Waals surface area contributed by atoms with Crippen molar-refractivity contribution in [2.24, 2.45) is 0 Å². The van der Waals surface area contributed by atoms with Crippen LogP contribution < -0.4 is 5.32 Å². The highest BCUT2D eigenvalue weighted by Gasteiger charge is 2.44. The number of fused-ring (bicyclic) bond motifs is 2. The molecule has 1 saturated carbocycles. The van der Waals surface area contributed by atoms with E-state index in [-0.39, 0.29) is 11.2 Å². The summed E-state index contributed by atoms with van der Waals surface area (Å²) in [6, 6.07) is 13.1. The smallest absolute Gasteiger partial charge is 0.123 e. The molecule has 0 radical (unpaired) electrons. The molecule has 1 heterocycles. The van der Waals surface area contributed by atoms with E-state index in [1.165, 1.54) is 30.9 Å². The minimum Gasteiger partial charge on any atom is -0.349 e. The van der Waals surface area contributed by atoms with Crippen molar-refractivity contribution < 1.29 is 4.39 Å². The predicted octanol–water partition coefficient (Wildman–Crippen LogP) is 5.45. The lowest BCUT2D eigenvalue weighted by Crippen LogP contribution is -2.35. The number of rotatable bonds is 1. The average Bonchev–Trinajstić information content (AvgIpc) is 2.80. The minimum atomic E-state index is -0.195. The van der Waals surface area contributed by atoms with E-state index in [9.17, 15) is 4.39 Å². The lowest BCUT2D eigenvalue weighted by Gasteiger charge is -2.33. The second-order valence-electron chi connectivity index (χ2n) is 6.37. The van der Waals surface area contributed by atoms with E-state index in [1.807, 2.05) is 12.1 Å². The summed E-state index contributed by atoms with van der Waals surface area (Å²) < 4.78 is 13.5. The number of benzene rings is 2. The highest BCUT2D eigenvalue weighted by atomic mass is 32.1. The van der Waals surface area contributed by atoms with Gasteiger partial charge in [0, 0.05) is 11.1 Å². The van der Waals surface area contributed by atoms with Gasteiger partial charge in [0.25, 0.3) is 0 Å². The summed E-state index contributed by atoms with van der Waals surface area (Å²) in [6.07, 6.45) is 6.00. The van der Waals surface area contributed by atoms with Crippen molar-refractivity contribution >= 4 is 22.9 Å². The second-order valence-corrected chi connectivity index (χ2v) is 6.78. The summed E-state index contributed by atoms with van der Waals surface area (Å²) in [5.41, 5.74) is 4.43. The fourth-order valence-corrected chi connectivity index (χ4v) is 4.34. The fraction of sp³-hybridized carbons (Fsp3) is 0.316. The first-order chi connectivity index (χ1) is 10.7. The van der Waals surface area contributed by atoms with E-state index >= 15 is 0 Å². The van der Waals surface area contributed by atoms with Crippen molar-refractivity contribution in [3.05, 3.63) is 53.8 Å². The molecule has 22 heavy (non-hydrogen) atoms. The molecular formula is C19H18FNS. The molecule has 0 aromatic heterocycles. The van der Waals surface area contributed by atoms with Gasteiger partial charge in [0.15, 0.2) is 0 Å². The van der Waals surface area contributed by atoms with Gasteiger partial charge in [-0.05, 0) is 53.8 Å². The number of halogens is 1. The summed E-state index contributed by atoms with van der Waals surface area (Å²) in [6.45, 7) is 0. The van der Waals surface area contributed by atoms with Gasteiger partial charge < -0.3 is 5.32 Å². The molecule has 0 unspecified atom stereocenters. The molecular weight excluding hydrogens is 293 g/mol. The average molecular weight is 311 g/mol. The van der Waals surface area contributed by atoms with Crippen LogP contribution in [0.1, 0.15) is 37.7 Å². The molecule has 1 aliphatic heterocycles. The Balaban J connectivity index is 1.83. The van der Waals surface area contributed by atoms with Crippen LogP contribution in [0.4, 0.5) is 10.1 Å². The van der Waals surface area contributed by atoms with Crippen molar-refractivity contribution in [1.29, 1.82) is 0 Å². The summed E-state index contributed by atoms with van der Waals surface area (Å²) in [7, 11) is 0. The molecule has 3 heteroatoms. The minimum absolute atomic E-state index is 0.00620. The predicted molar refractivity (Wildman–Crippen MR) is 92.8 cm³/mol. The number of anilines is 1. The van der Waals surface area contributed by atoms with Gasteiger partial charge >= 0.3 is 0 Å². The zero-order chi connectivity index (χ0) is 15.2. The van der Waals surface area contributed by atoms with Crippen molar-refractivity contribution in [1.82, 2.24) is 0 Å². The number of thiocarbonyl (C=S) groups is 1. The normalized spacial score (nSPS) is 19.0. The first-order valence-corrected chi connectivity index (χ1v) is 8.32. The summed E-state index contributed by atoms with van der Waals surface area (Å²) >= 11 is 5.67. The molecule has 1 spiro atoms. The molecule has 0 saturated heterocycles. The van der Waals surface area contributed by atoms with Crippen molar-refractivity contribution in [3.63, 3.8) is 0 Å². The van der Waals surface area contributed by atoms with Gasteiger partial charge in [0.1, 0.15) is 5.82 Å². The number of hydrogen-bond acceptors (Lipinski definition) is 1. The molecule has 1 N–H and O–H groups in total. The molecule has 1 aliphatic carbocycles. The Morgan fingerprint density at radius 3 is 2.50 bits per heavy atom. The Bertz CT molecular complexity index is 747. The van der Waals surface area contributed by atoms with Gasteiger partial charge in [-0.25, -0.2) is 4.39 Å². The van der Waals surface area contributed by atoms with E-state index < -0.39 is 0 Å². The maximum absolute atomic E-state index is 13.5. The van der Waals surface area contributed by atoms with E-state index in [1.54, 1.807) is 12.1 Å². The molecule has 2 aromatic carbocycles. The van der Waals surface area contributed by atoms with Gasteiger partial charge in [-0.2, -0.15) is 0 Å². The summed E-state index contributed by atoms with van der Waals surface area (Å²) in [4.78, 5) is 0.971. The quantitative estimate of drug-likeness (QED) is 0.703. The van der Waals surface area contributed by atoms with Crippen molar-refractivity contribution in [3.8, 4) is 11.1 Å². The highest BCUT2D eigenvalue weighted by Crippen LogP contribution is 2.49. The van der Waals surface area contributed by atoms with Crippen LogP contribution in [0.2, 0.25) is 0 Å². The van der Waals surface area contributed by atoms with Gasteiger partial charge in [-0.1, -0.05) is 49.7 Å². The number of nitrogens with one attached hydrogen (secondary N) is 1. The van der Waals surface area contributed by atoms with Crippen LogP contribution in [0.3, 0.4) is 0 Å². The molecule has 0 bridgehead atoms. The maximum atomic E-state index is 13.5. The third-order valence-corrected chi connectivity index (χ3v) is 5.58. The van der Waals surface area contributed by atoms with Crippen LogP contribution in [0.15, 0.2) is 42.5 Å². The Hall–Kier alpha value is -1.74. The van der Waals surface area contributed by atoms with Crippen LogP contribution in [0.5, 0.6) is 0 Å². The van der Waals surface area contributed by atoms with Crippen LogP contribution in [-0.4, -0.2) is 4.99 Å². The summed E-state index contributed by atoms with van der Waals surface area (Å²) in [5.74, 6) is -0.195. The molecule has 0 atom stereocenters. The van der Waals surface area contributed by atoms with Crippen LogP contribution in [0.25, 0.3) is 11.1 Å². The molecule has 1 fully saturated rings. The molecule has 2 aromatic rings. The van der Waals surface area contributed by atoms with E-state index in [0.717, 1.165) is 34.6 Å². The number of hydrogen-bond donors (Lipinski definition) is 1. The first kappa shape index (κ1) is 13.9. The van der Waals surface area contributed by atoms with E-state index in [2.05, 4.69) is 17.4 Å². The maximum Gasteiger partial charge on any atom is 0.123 e. The first-order valence-electron chi connectivity index (χ1n) is 7.91. The third kappa shape index (κ3) is 2.07. The van der Waals surface area contributed by atoms with Gasteiger partial charge in [0.2, 0.25) is 0 Å². The zero-order valence-corrected chi connectivity index (χ0v) is 13.2. The van der Waals surface area contributed by atoms with E-state index in [4.69, 9.17) is 12.2 Å². The largest absolute Gasteiger partial charge is 0.349 e. The van der Waals surface area contributed by atoms with Gasteiger partial charge in [0.05, 0.1) is 4.99 Å². The molecule has 112 valence electrons. The lowest BCUT2D eigenvalue weighted by atomic mass is 9.70. The molecule has 1 nitrogen and oxygen atoms in total. The Morgan fingerprint density at radius 2 is 1.73 bits per heavy atom. The fourth-order valence-electron chi connectivity index (χ4n) is 3.91. The summed E-state index contributed by atoms with van der Waals surface area (Å²) in [5, 5.41) is 3.41. The van der Waals surface area contributed by atoms with Crippen molar-refractivity contribution in [2.75, 3.05) is 5.32 Å². The van der Waals surface area contributed by atoms with E-state index in [0.29, 0.717) is 0 Å². The van der Waals surface area contributed by atoms with Crippen molar-refractivity contribution in [2.45, 2.75) is 37.5 Å². The van der Waals surface area contributed by atoms with Crippen LogP contribution in [-0.2, 0) is 5.41 Å². The molecule has 2 aliphatic rings. The topological polar surface area (TPSA) is 12.0 Å². The van der Waals surface area contributed by atoms with Gasteiger partial charge in [-0.15, -0.1) is 0 Å². The third-order valence-electron chi connectivity index (χ3n) is 5.08. The highest BCUT2D eigenvalue weighted by molar-refractivity contribution is 7.80. The lowest BCUT2D eigenvalue weighted by molar-refractivity contribution is 0.389. The Morgan fingerprint density at radius 1 is 0.955 bits per heavy atom. The van der Waals surface area contributed by atoms with Gasteiger partial charge in [-0.3, -0.25) is 0 Å². The van der Waals surface area contributed by atoms with Crippen LogP contribution in [0, 0.1) is 5.82 Å². The Labute approximate surface area is 135 Å². The molecule has 0 amide bonds. The monoisotopic (exact) mass is 311 g/mol. The van der Waals surface area contributed by atoms with Crippen LogP contribution >= 0.6 is 12.2 Å². The Kier molecular flexibility index (Phi) is 3.26.